The van der Waals surface area contributed by atoms with E-state index in [-0.39, 0.29) is 0 Å². The van der Waals surface area contributed by atoms with Crippen LogP contribution in [0.25, 0.3) is 0 Å². The average Bonchev–Trinajstić information content (AvgIpc) is 2.07. The van der Waals surface area contributed by atoms with Crippen LogP contribution in [-0.2, 0) is 0 Å². The highest BCUT2D eigenvalue weighted by molar-refractivity contribution is 9.10. The molecule has 5 heteroatoms. The van der Waals surface area contributed by atoms with Gasteiger partial charge in [0.15, 0.2) is 0 Å². The van der Waals surface area contributed by atoms with Crippen LogP contribution in [0.2, 0.25) is 0 Å². The Morgan fingerprint density at radius 3 is 2.54 bits per heavy atom. The van der Waals surface area contributed by atoms with E-state index in [4.69, 9.17) is 11.6 Å². The Hall–Kier alpha value is -0.610. The number of alkyl halides is 1. The Bertz CT molecular complexity index is 265. The van der Waals surface area contributed by atoms with Gasteiger partial charge < -0.3 is 0 Å². The van der Waals surface area contributed by atoms with Crippen molar-refractivity contribution >= 4 is 27.5 Å². The maximum atomic E-state index is 10.4. The van der Waals surface area contributed by atoms with E-state index in [2.05, 4.69) is 29.1 Å². The number of nitro groups is 1. The lowest BCUT2D eigenvalue weighted by atomic mass is 10.1. The van der Waals surface area contributed by atoms with Crippen molar-refractivity contribution in [3.63, 3.8) is 0 Å². The summed E-state index contributed by atoms with van der Waals surface area (Å²) in [6, 6.07) is 0. The molecule has 1 aliphatic rings. The van der Waals surface area contributed by atoms with E-state index in [0.29, 0.717) is 11.5 Å². The van der Waals surface area contributed by atoms with Crippen molar-refractivity contribution in [3.8, 4) is 0 Å². The van der Waals surface area contributed by atoms with Crippen LogP contribution < -0.4 is 0 Å². The fourth-order valence-corrected chi connectivity index (χ4v) is 1.62. The van der Waals surface area contributed by atoms with Gasteiger partial charge in [-0.15, -0.1) is 13.2 Å². The topological polar surface area (TPSA) is 43.1 Å². The fourth-order valence-electron chi connectivity index (χ4n) is 0.782. The highest BCUT2D eigenvalue weighted by atomic mass is 79.9. The Morgan fingerprint density at radius 2 is 2.23 bits per heavy atom. The zero-order chi connectivity index (χ0) is 10.5. The SMILES string of the molecule is C=C.O=[N+]([O-])C1(Br)C=C(Cl)C=CC1. The van der Waals surface area contributed by atoms with Crippen molar-refractivity contribution in [3.05, 3.63) is 46.5 Å². The minimum Gasteiger partial charge on any atom is -0.263 e. The Kier molecular flexibility index (Phi) is 4.95. The first-order valence-corrected chi connectivity index (χ1v) is 4.60. The number of hydrogen-bond acceptors (Lipinski definition) is 2. The summed E-state index contributed by atoms with van der Waals surface area (Å²) in [5, 5.41) is 10.8. The second-order valence-corrected chi connectivity index (χ2v) is 4.02. The maximum absolute atomic E-state index is 10.4. The van der Waals surface area contributed by atoms with E-state index in [9.17, 15) is 10.1 Å². The van der Waals surface area contributed by atoms with E-state index >= 15 is 0 Å². The number of rotatable bonds is 1. The van der Waals surface area contributed by atoms with Gasteiger partial charge in [-0.05, 0) is 6.08 Å². The normalized spacial score (nSPS) is 25.5. The average molecular weight is 267 g/mol. The Morgan fingerprint density at radius 1 is 1.69 bits per heavy atom. The molecule has 0 bridgehead atoms. The van der Waals surface area contributed by atoms with Crippen molar-refractivity contribution in [1.82, 2.24) is 0 Å². The molecule has 72 valence electrons. The van der Waals surface area contributed by atoms with Crippen LogP contribution in [-0.4, -0.2) is 9.37 Å². The van der Waals surface area contributed by atoms with E-state index in [1.807, 2.05) is 0 Å². The standard InChI is InChI=1S/C6H5BrClNO2.C2H4/c7-6(9(10)11)3-1-2-5(8)4-6;1-2/h1-2,4H,3H2;1-2H2. The quantitative estimate of drug-likeness (QED) is 0.240. The highest BCUT2D eigenvalue weighted by Gasteiger charge is 2.37. The van der Waals surface area contributed by atoms with E-state index in [1.165, 1.54) is 6.08 Å². The van der Waals surface area contributed by atoms with Crippen LogP contribution >= 0.6 is 27.5 Å². The van der Waals surface area contributed by atoms with Crippen LogP contribution in [0.3, 0.4) is 0 Å². The number of hydrogen-bond donors (Lipinski definition) is 0. The molecule has 0 amide bonds. The molecule has 0 heterocycles. The first-order valence-electron chi connectivity index (χ1n) is 3.43. The van der Waals surface area contributed by atoms with Gasteiger partial charge in [-0.25, -0.2) is 0 Å². The number of nitrogens with zero attached hydrogens (tertiary/aromatic N) is 1. The summed E-state index contributed by atoms with van der Waals surface area (Å²) in [6.45, 7) is 6.00. The molecule has 0 radical (unpaired) electrons. The predicted octanol–water partition coefficient (Wildman–Crippen LogP) is 3.24. The maximum Gasteiger partial charge on any atom is 0.297 e. The van der Waals surface area contributed by atoms with Gasteiger partial charge in [-0.3, -0.25) is 10.1 Å². The van der Waals surface area contributed by atoms with E-state index < -0.39 is 9.37 Å². The Labute approximate surface area is 90.0 Å². The third kappa shape index (κ3) is 3.32. The molecule has 1 unspecified atom stereocenters. The van der Waals surface area contributed by atoms with Crippen LogP contribution in [0.5, 0.6) is 0 Å². The summed E-state index contributed by atoms with van der Waals surface area (Å²) in [5.41, 5.74) is 0. The molecule has 1 aliphatic carbocycles. The lowest BCUT2D eigenvalue weighted by Crippen LogP contribution is -2.29. The second kappa shape index (κ2) is 5.19. The van der Waals surface area contributed by atoms with Crippen molar-refractivity contribution in [2.45, 2.75) is 10.9 Å². The summed E-state index contributed by atoms with van der Waals surface area (Å²) >= 11 is 8.57. The molecule has 0 aliphatic heterocycles. The molecule has 1 rings (SSSR count). The molecule has 1 atom stereocenters. The van der Waals surface area contributed by atoms with Gasteiger partial charge in [0, 0.05) is 32.0 Å². The van der Waals surface area contributed by atoms with Gasteiger partial charge in [0.25, 0.3) is 4.45 Å². The molecule has 0 aromatic heterocycles. The molecule has 0 saturated heterocycles. The summed E-state index contributed by atoms with van der Waals surface area (Å²) < 4.78 is -1.20. The molecule has 0 aromatic carbocycles. The third-order valence-electron chi connectivity index (χ3n) is 1.34. The van der Waals surface area contributed by atoms with Gasteiger partial charge in [0.1, 0.15) is 0 Å². The van der Waals surface area contributed by atoms with Gasteiger partial charge in [0.05, 0.1) is 6.42 Å². The monoisotopic (exact) mass is 265 g/mol. The van der Waals surface area contributed by atoms with E-state index in [0.717, 1.165) is 0 Å². The van der Waals surface area contributed by atoms with Crippen LogP contribution in [0.1, 0.15) is 6.42 Å². The number of allylic oxidation sites excluding steroid dienone is 2. The largest absolute Gasteiger partial charge is 0.297 e. The first-order chi connectivity index (χ1) is 6.04. The van der Waals surface area contributed by atoms with Crippen LogP contribution in [0, 0.1) is 10.1 Å². The van der Waals surface area contributed by atoms with Crippen molar-refractivity contribution < 1.29 is 4.92 Å². The van der Waals surface area contributed by atoms with Gasteiger partial charge >= 0.3 is 0 Å². The minimum atomic E-state index is -1.20. The highest BCUT2D eigenvalue weighted by Crippen LogP contribution is 2.31. The fraction of sp³-hybridized carbons (Fsp3) is 0.250. The zero-order valence-corrected chi connectivity index (χ0v) is 9.21. The molecular formula is C8H9BrClNO2. The molecule has 0 saturated carbocycles. The predicted molar refractivity (Wildman–Crippen MR) is 57.6 cm³/mol. The molecule has 3 nitrogen and oxygen atoms in total. The van der Waals surface area contributed by atoms with Crippen LogP contribution in [0.15, 0.2) is 36.4 Å². The van der Waals surface area contributed by atoms with Gasteiger partial charge in [-0.2, -0.15) is 0 Å². The summed E-state index contributed by atoms with van der Waals surface area (Å²) in [7, 11) is 0. The van der Waals surface area contributed by atoms with Crippen molar-refractivity contribution in [1.29, 1.82) is 0 Å². The van der Waals surface area contributed by atoms with Crippen LogP contribution in [0.4, 0.5) is 0 Å². The molecule has 0 aromatic rings. The number of halogens is 2. The molecule has 0 fully saturated rings. The third-order valence-corrected chi connectivity index (χ3v) is 2.42. The second-order valence-electron chi connectivity index (χ2n) is 2.21. The smallest absolute Gasteiger partial charge is 0.263 e. The van der Waals surface area contributed by atoms with Crippen molar-refractivity contribution in [2.24, 2.45) is 0 Å². The summed E-state index contributed by atoms with van der Waals surface area (Å²) in [4.78, 5) is 10.0. The molecule has 0 N–H and O–H groups in total. The summed E-state index contributed by atoms with van der Waals surface area (Å²) in [5.74, 6) is 0. The zero-order valence-electron chi connectivity index (χ0n) is 6.87. The van der Waals surface area contributed by atoms with Gasteiger partial charge in [-0.1, -0.05) is 17.7 Å². The minimum absolute atomic E-state index is 0.330. The Balaban J connectivity index is 0.000000671. The molecule has 13 heavy (non-hydrogen) atoms. The summed E-state index contributed by atoms with van der Waals surface area (Å²) in [6.07, 6.45) is 5.02. The van der Waals surface area contributed by atoms with Gasteiger partial charge in [0.2, 0.25) is 0 Å². The van der Waals surface area contributed by atoms with E-state index in [1.54, 1.807) is 12.2 Å². The molecule has 0 spiro atoms. The molecular weight excluding hydrogens is 257 g/mol. The lowest BCUT2D eigenvalue weighted by Gasteiger charge is -2.15. The lowest BCUT2D eigenvalue weighted by molar-refractivity contribution is -0.521. The van der Waals surface area contributed by atoms with Crippen molar-refractivity contribution in [2.75, 3.05) is 0 Å². The first kappa shape index (κ1) is 12.4.